The van der Waals surface area contributed by atoms with E-state index in [9.17, 15) is 29.5 Å². The molecule has 0 heterocycles. The molecule has 0 bridgehead atoms. The van der Waals surface area contributed by atoms with Crippen LogP contribution in [0.5, 0.6) is 0 Å². The van der Waals surface area contributed by atoms with Gasteiger partial charge in [-0.25, -0.2) is 4.57 Å². The number of allylic oxidation sites excluding steroid dienone is 1. The van der Waals surface area contributed by atoms with E-state index in [4.69, 9.17) is 19.3 Å². The third-order valence-corrected chi connectivity index (χ3v) is 9.81. The zero-order valence-corrected chi connectivity index (χ0v) is 31.8. The van der Waals surface area contributed by atoms with Crippen molar-refractivity contribution in [2.45, 2.75) is 180 Å². The Morgan fingerprint density at radius 1 is 0.760 bits per heavy atom. The second-order valence-corrected chi connectivity index (χ2v) is 15.1. The molecule has 0 saturated heterocycles. The highest BCUT2D eigenvalue weighted by molar-refractivity contribution is 7.46. The molecule has 292 valence electrons. The molecule has 0 spiro atoms. The number of phosphoric ester groups is 1. The van der Waals surface area contributed by atoms with Crippen LogP contribution < -0.4 is 0 Å². The van der Waals surface area contributed by atoms with Gasteiger partial charge in [0.05, 0.1) is 31.3 Å². The zero-order valence-electron chi connectivity index (χ0n) is 30.9. The third-order valence-electron chi connectivity index (χ3n) is 9.33. The first-order valence-electron chi connectivity index (χ1n) is 19.4. The Morgan fingerprint density at radius 2 is 1.32 bits per heavy atom. The van der Waals surface area contributed by atoms with E-state index in [1.54, 1.807) is 24.3 Å². The number of hydrogen-bond acceptors (Lipinski definition) is 9. The fourth-order valence-electron chi connectivity index (χ4n) is 6.35. The zero-order chi connectivity index (χ0) is 37.0. The average Bonchev–Trinajstić information content (AvgIpc) is 3.34. The molecule has 0 radical (unpaired) electrons. The summed E-state index contributed by atoms with van der Waals surface area (Å²) in [6.45, 7) is 3.29. The summed E-state index contributed by atoms with van der Waals surface area (Å²) in [7, 11) is -4.83. The molecule has 0 aromatic rings. The lowest BCUT2D eigenvalue weighted by Gasteiger charge is -2.19. The van der Waals surface area contributed by atoms with E-state index in [1.807, 2.05) is 0 Å². The normalized spacial score (nSPS) is 20.9. The van der Waals surface area contributed by atoms with Gasteiger partial charge in [-0.1, -0.05) is 141 Å². The fourth-order valence-corrected chi connectivity index (χ4v) is 6.71. The van der Waals surface area contributed by atoms with Crippen LogP contribution in [0.15, 0.2) is 24.3 Å². The molecule has 0 aliphatic heterocycles. The molecule has 1 aliphatic rings. The smallest absolute Gasteiger partial charge is 0.461 e. The molecule has 12 heteroatoms. The standard InChI is InChI=1S/C38H69O11P/c1-3-5-7-8-9-10-11-12-13-14-15-16-17-19-25-38(43)49-32(30-48-50(44,45)46)29-47-37(42)24-21-20-23-33-34(36(41)28-35(33)40)27-26-31(39)22-18-6-4-2/h20-21,26-27,31-36,39-41H,3-19,22-25,28-30H2,1-2H3,(H2,44,45,46)/b21-20-,27-26+/t31-,32-,33+,34-,35+,36-/m1/s1. The maximum Gasteiger partial charge on any atom is 0.469 e. The molecule has 1 rings (SSSR count). The maximum atomic E-state index is 12.4. The minimum absolute atomic E-state index is 0.110. The summed E-state index contributed by atoms with van der Waals surface area (Å²) < 4.78 is 26.3. The molecule has 5 N–H and O–H groups in total. The molecule has 0 unspecified atom stereocenters. The van der Waals surface area contributed by atoms with Crippen molar-refractivity contribution in [3.8, 4) is 0 Å². The second kappa shape index (κ2) is 28.9. The number of esters is 2. The Kier molecular flexibility index (Phi) is 26.9. The molecule has 1 fully saturated rings. The number of aliphatic hydroxyl groups excluding tert-OH is 3. The van der Waals surface area contributed by atoms with Gasteiger partial charge < -0.3 is 34.6 Å². The summed E-state index contributed by atoms with van der Waals surface area (Å²) in [4.78, 5) is 43.0. The molecule has 0 aromatic heterocycles. The lowest BCUT2D eigenvalue weighted by molar-refractivity contribution is -0.160. The van der Waals surface area contributed by atoms with Crippen LogP contribution in [-0.2, 0) is 28.2 Å². The van der Waals surface area contributed by atoms with Crippen molar-refractivity contribution in [3.05, 3.63) is 24.3 Å². The molecular weight excluding hydrogens is 663 g/mol. The predicted molar refractivity (Wildman–Crippen MR) is 195 cm³/mol. The van der Waals surface area contributed by atoms with Crippen LogP contribution in [0, 0.1) is 11.8 Å². The summed E-state index contributed by atoms with van der Waals surface area (Å²) in [6.07, 6.45) is 24.6. The summed E-state index contributed by atoms with van der Waals surface area (Å²) in [6, 6.07) is 0. The van der Waals surface area contributed by atoms with E-state index < -0.39 is 57.4 Å². The molecule has 6 atom stereocenters. The highest BCUT2D eigenvalue weighted by atomic mass is 31.2. The minimum atomic E-state index is -4.83. The number of carbonyl (C=O) groups excluding carboxylic acids is 2. The van der Waals surface area contributed by atoms with Crippen LogP contribution in [0.3, 0.4) is 0 Å². The van der Waals surface area contributed by atoms with Crippen molar-refractivity contribution in [1.29, 1.82) is 0 Å². The van der Waals surface area contributed by atoms with Gasteiger partial charge in [0.1, 0.15) is 6.61 Å². The third kappa shape index (κ3) is 24.6. The van der Waals surface area contributed by atoms with Crippen LogP contribution in [0.25, 0.3) is 0 Å². The van der Waals surface area contributed by atoms with Crippen molar-refractivity contribution < 1.29 is 53.3 Å². The van der Waals surface area contributed by atoms with Crippen molar-refractivity contribution in [2.75, 3.05) is 13.2 Å². The fraction of sp³-hybridized carbons (Fsp3) is 0.842. The predicted octanol–water partition coefficient (Wildman–Crippen LogP) is 7.61. The van der Waals surface area contributed by atoms with E-state index in [2.05, 4.69) is 18.4 Å². The Bertz CT molecular complexity index is 982. The van der Waals surface area contributed by atoms with Gasteiger partial charge in [-0.05, 0) is 25.2 Å². The number of phosphoric acid groups is 1. The first-order valence-corrected chi connectivity index (χ1v) is 20.9. The van der Waals surface area contributed by atoms with Crippen molar-refractivity contribution in [3.63, 3.8) is 0 Å². The SMILES string of the molecule is CCCCCCCCCCCCCCCCC(=O)O[C@H](COC(=O)C/C=C\C[C@H]1[C@@H](/C=C/[C@H](O)CCCCC)[C@H](O)C[C@@H]1O)COP(=O)(O)O. The summed E-state index contributed by atoms with van der Waals surface area (Å²) in [5, 5.41) is 31.1. The van der Waals surface area contributed by atoms with Crippen LogP contribution in [0.2, 0.25) is 0 Å². The highest BCUT2D eigenvalue weighted by Crippen LogP contribution is 2.37. The number of ether oxygens (including phenoxy) is 2. The van der Waals surface area contributed by atoms with Crippen LogP contribution in [0.1, 0.15) is 155 Å². The molecular formula is C38H69O11P. The number of aliphatic hydroxyl groups is 3. The van der Waals surface area contributed by atoms with Gasteiger partial charge >= 0.3 is 19.8 Å². The van der Waals surface area contributed by atoms with Gasteiger partial charge in [-0.2, -0.15) is 0 Å². The van der Waals surface area contributed by atoms with Gasteiger partial charge in [0.2, 0.25) is 0 Å². The molecule has 11 nitrogen and oxygen atoms in total. The van der Waals surface area contributed by atoms with Crippen LogP contribution >= 0.6 is 7.82 Å². The van der Waals surface area contributed by atoms with Crippen molar-refractivity contribution in [2.24, 2.45) is 11.8 Å². The monoisotopic (exact) mass is 732 g/mol. The lowest BCUT2D eigenvalue weighted by Crippen LogP contribution is -2.29. The Hall–Kier alpha value is -1.59. The second-order valence-electron chi connectivity index (χ2n) is 13.9. The van der Waals surface area contributed by atoms with Gasteiger partial charge in [-0.3, -0.25) is 14.1 Å². The topological polar surface area (TPSA) is 180 Å². The van der Waals surface area contributed by atoms with Gasteiger partial charge in [0.25, 0.3) is 0 Å². The largest absolute Gasteiger partial charge is 0.469 e. The van der Waals surface area contributed by atoms with Crippen molar-refractivity contribution in [1.82, 2.24) is 0 Å². The summed E-state index contributed by atoms with van der Waals surface area (Å²) in [5.41, 5.74) is 0. The number of hydrogen-bond donors (Lipinski definition) is 5. The van der Waals surface area contributed by atoms with E-state index in [0.717, 1.165) is 38.5 Å². The first-order chi connectivity index (χ1) is 24.0. The van der Waals surface area contributed by atoms with Gasteiger partial charge in [0, 0.05) is 18.8 Å². The highest BCUT2D eigenvalue weighted by Gasteiger charge is 2.39. The minimum Gasteiger partial charge on any atom is -0.461 e. The molecule has 0 aromatic carbocycles. The first kappa shape index (κ1) is 46.4. The van der Waals surface area contributed by atoms with E-state index >= 15 is 0 Å². The molecule has 1 aliphatic carbocycles. The van der Waals surface area contributed by atoms with Crippen molar-refractivity contribution >= 4 is 19.8 Å². The Labute approximate surface area is 301 Å². The quantitative estimate of drug-likeness (QED) is 0.0205. The van der Waals surface area contributed by atoms with Crippen LogP contribution in [-0.4, -0.2) is 74.7 Å². The summed E-state index contributed by atoms with van der Waals surface area (Å²) in [5.74, 6) is -1.78. The van der Waals surface area contributed by atoms with Crippen LogP contribution in [0.4, 0.5) is 0 Å². The Morgan fingerprint density at radius 3 is 1.90 bits per heavy atom. The number of unbranched alkanes of at least 4 members (excludes halogenated alkanes) is 15. The molecule has 50 heavy (non-hydrogen) atoms. The average molecular weight is 733 g/mol. The van der Waals surface area contributed by atoms with Gasteiger partial charge in [-0.15, -0.1) is 0 Å². The maximum absolute atomic E-state index is 12.4. The lowest BCUT2D eigenvalue weighted by atomic mass is 9.89. The Balaban J connectivity index is 2.37. The number of carbonyl (C=O) groups is 2. The summed E-state index contributed by atoms with van der Waals surface area (Å²) >= 11 is 0. The number of rotatable bonds is 31. The van der Waals surface area contributed by atoms with E-state index in [-0.39, 0.29) is 31.1 Å². The molecule has 1 saturated carbocycles. The van der Waals surface area contributed by atoms with Gasteiger partial charge in [0.15, 0.2) is 6.10 Å². The van der Waals surface area contributed by atoms with E-state index in [1.165, 1.54) is 64.2 Å². The molecule has 0 amide bonds. The van der Waals surface area contributed by atoms with E-state index in [0.29, 0.717) is 19.3 Å².